The summed E-state index contributed by atoms with van der Waals surface area (Å²) < 4.78 is 5.48. The lowest BCUT2D eigenvalue weighted by Gasteiger charge is -2.21. The van der Waals surface area contributed by atoms with Crippen LogP contribution in [-0.4, -0.2) is 6.54 Å². The normalized spacial score (nSPS) is 12.0. The van der Waals surface area contributed by atoms with E-state index in [4.69, 9.17) is 10.2 Å². The zero-order valence-electron chi connectivity index (χ0n) is 8.76. The fraction of sp³-hybridized carbons (Fsp3) is 0.636. The Morgan fingerprint density at radius 3 is 2.54 bits per heavy atom. The quantitative estimate of drug-likeness (QED) is 0.775. The minimum atomic E-state index is 0.223. The summed E-state index contributed by atoms with van der Waals surface area (Å²) in [5.74, 6) is 2.06. The first-order valence-electron chi connectivity index (χ1n) is 4.79. The van der Waals surface area contributed by atoms with Gasteiger partial charge in [-0.25, -0.2) is 0 Å². The molecule has 1 aromatic heterocycles. The lowest BCUT2D eigenvalue weighted by Crippen LogP contribution is -2.23. The summed E-state index contributed by atoms with van der Waals surface area (Å²) >= 11 is 0. The molecule has 0 radical (unpaired) electrons. The molecule has 0 aliphatic heterocycles. The number of nitrogens with two attached hydrogens (primary N) is 1. The summed E-state index contributed by atoms with van der Waals surface area (Å²) in [6.07, 6.45) is 2.06. The van der Waals surface area contributed by atoms with Gasteiger partial charge in [0.2, 0.25) is 0 Å². The van der Waals surface area contributed by atoms with E-state index in [9.17, 15) is 0 Å². The standard InChI is InChI=1S/C11H19NO/c1-9-4-5-10(13-9)6-7-11(2,3)8-12/h4-5H,6-8,12H2,1-3H3. The molecule has 1 rings (SSSR count). The van der Waals surface area contributed by atoms with Gasteiger partial charge in [0, 0.05) is 6.42 Å². The van der Waals surface area contributed by atoms with Crippen molar-refractivity contribution in [3.05, 3.63) is 23.7 Å². The highest BCUT2D eigenvalue weighted by Crippen LogP contribution is 2.21. The molecule has 0 amide bonds. The molecule has 0 atom stereocenters. The second-order valence-corrected chi connectivity index (χ2v) is 4.38. The van der Waals surface area contributed by atoms with Crippen molar-refractivity contribution in [2.75, 3.05) is 6.54 Å². The van der Waals surface area contributed by atoms with E-state index in [1.165, 1.54) is 0 Å². The van der Waals surface area contributed by atoms with E-state index in [-0.39, 0.29) is 5.41 Å². The highest BCUT2D eigenvalue weighted by atomic mass is 16.3. The topological polar surface area (TPSA) is 39.2 Å². The van der Waals surface area contributed by atoms with Gasteiger partial charge in [-0.3, -0.25) is 0 Å². The molecular formula is C11H19NO. The predicted octanol–water partition coefficient (Wildman–Crippen LogP) is 2.51. The average molecular weight is 181 g/mol. The van der Waals surface area contributed by atoms with Gasteiger partial charge < -0.3 is 10.2 Å². The van der Waals surface area contributed by atoms with Gasteiger partial charge in [0.25, 0.3) is 0 Å². The Kier molecular flexibility index (Phi) is 3.15. The van der Waals surface area contributed by atoms with E-state index in [0.29, 0.717) is 0 Å². The fourth-order valence-electron chi connectivity index (χ4n) is 1.18. The molecule has 13 heavy (non-hydrogen) atoms. The Morgan fingerprint density at radius 1 is 1.38 bits per heavy atom. The molecule has 0 unspecified atom stereocenters. The van der Waals surface area contributed by atoms with Crippen LogP contribution in [0, 0.1) is 12.3 Å². The van der Waals surface area contributed by atoms with E-state index in [1.54, 1.807) is 0 Å². The van der Waals surface area contributed by atoms with Crippen molar-refractivity contribution in [3.8, 4) is 0 Å². The third-order valence-corrected chi connectivity index (χ3v) is 2.40. The number of furan rings is 1. The Labute approximate surface area is 80.1 Å². The Hall–Kier alpha value is -0.760. The van der Waals surface area contributed by atoms with Crippen molar-refractivity contribution in [1.82, 2.24) is 0 Å². The lowest BCUT2D eigenvalue weighted by atomic mass is 9.88. The first-order valence-corrected chi connectivity index (χ1v) is 4.79. The van der Waals surface area contributed by atoms with Crippen molar-refractivity contribution >= 4 is 0 Å². The summed E-state index contributed by atoms with van der Waals surface area (Å²) in [6.45, 7) is 7.07. The maximum atomic E-state index is 5.65. The molecule has 2 N–H and O–H groups in total. The summed E-state index contributed by atoms with van der Waals surface area (Å²) in [5, 5.41) is 0. The van der Waals surface area contributed by atoms with Crippen molar-refractivity contribution in [1.29, 1.82) is 0 Å². The van der Waals surface area contributed by atoms with Crippen LogP contribution >= 0.6 is 0 Å². The Morgan fingerprint density at radius 2 is 2.08 bits per heavy atom. The van der Waals surface area contributed by atoms with E-state index < -0.39 is 0 Å². The van der Waals surface area contributed by atoms with Gasteiger partial charge in [-0.15, -0.1) is 0 Å². The molecule has 0 aromatic carbocycles. The minimum absolute atomic E-state index is 0.223. The number of hydrogen-bond acceptors (Lipinski definition) is 2. The van der Waals surface area contributed by atoms with E-state index in [0.717, 1.165) is 30.9 Å². The van der Waals surface area contributed by atoms with Crippen LogP contribution in [0.15, 0.2) is 16.5 Å². The van der Waals surface area contributed by atoms with Crippen LogP contribution in [0.5, 0.6) is 0 Å². The van der Waals surface area contributed by atoms with Crippen LogP contribution in [0.2, 0.25) is 0 Å². The fourth-order valence-corrected chi connectivity index (χ4v) is 1.18. The van der Waals surface area contributed by atoms with Gasteiger partial charge in [0.15, 0.2) is 0 Å². The van der Waals surface area contributed by atoms with Crippen molar-refractivity contribution in [2.45, 2.75) is 33.6 Å². The molecule has 74 valence electrons. The molecule has 0 saturated heterocycles. The maximum absolute atomic E-state index is 5.65. The maximum Gasteiger partial charge on any atom is 0.104 e. The zero-order valence-corrected chi connectivity index (χ0v) is 8.76. The van der Waals surface area contributed by atoms with Crippen LogP contribution in [0.1, 0.15) is 31.8 Å². The van der Waals surface area contributed by atoms with Gasteiger partial charge in [-0.05, 0) is 37.4 Å². The first kappa shape index (κ1) is 10.3. The zero-order chi connectivity index (χ0) is 9.90. The molecule has 0 aliphatic rings. The van der Waals surface area contributed by atoms with Crippen LogP contribution in [0.3, 0.4) is 0 Å². The van der Waals surface area contributed by atoms with Gasteiger partial charge in [0.05, 0.1) is 0 Å². The molecule has 0 spiro atoms. The highest BCUT2D eigenvalue weighted by Gasteiger charge is 2.15. The lowest BCUT2D eigenvalue weighted by molar-refractivity contribution is 0.332. The molecule has 0 fully saturated rings. The van der Waals surface area contributed by atoms with Crippen LogP contribution in [-0.2, 0) is 6.42 Å². The minimum Gasteiger partial charge on any atom is -0.466 e. The summed E-state index contributed by atoms with van der Waals surface area (Å²) in [5.41, 5.74) is 5.87. The summed E-state index contributed by atoms with van der Waals surface area (Å²) in [4.78, 5) is 0. The summed E-state index contributed by atoms with van der Waals surface area (Å²) in [7, 11) is 0. The third kappa shape index (κ3) is 3.23. The van der Waals surface area contributed by atoms with E-state index in [2.05, 4.69) is 13.8 Å². The largest absolute Gasteiger partial charge is 0.466 e. The van der Waals surface area contributed by atoms with Gasteiger partial charge in [0.1, 0.15) is 11.5 Å². The second-order valence-electron chi connectivity index (χ2n) is 4.38. The first-order chi connectivity index (χ1) is 6.03. The molecule has 2 heteroatoms. The van der Waals surface area contributed by atoms with E-state index >= 15 is 0 Å². The van der Waals surface area contributed by atoms with Crippen molar-refractivity contribution in [2.24, 2.45) is 11.1 Å². The average Bonchev–Trinajstić information content (AvgIpc) is 2.48. The van der Waals surface area contributed by atoms with Gasteiger partial charge in [-0.2, -0.15) is 0 Å². The van der Waals surface area contributed by atoms with Gasteiger partial charge in [-0.1, -0.05) is 13.8 Å². The van der Waals surface area contributed by atoms with Gasteiger partial charge >= 0.3 is 0 Å². The number of aryl methyl sites for hydroxylation is 2. The van der Waals surface area contributed by atoms with Crippen LogP contribution in [0.25, 0.3) is 0 Å². The molecule has 1 heterocycles. The molecular weight excluding hydrogens is 162 g/mol. The monoisotopic (exact) mass is 181 g/mol. The van der Waals surface area contributed by atoms with Crippen LogP contribution in [0.4, 0.5) is 0 Å². The molecule has 0 bridgehead atoms. The molecule has 2 nitrogen and oxygen atoms in total. The van der Waals surface area contributed by atoms with Crippen LogP contribution < -0.4 is 5.73 Å². The predicted molar refractivity (Wildman–Crippen MR) is 54.6 cm³/mol. The Balaban J connectivity index is 2.43. The Bertz CT molecular complexity index is 263. The third-order valence-electron chi connectivity index (χ3n) is 2.40. The SMILES string of the molecule is Cc1ccc(CCC(C)(C)CN)o1. The highest BCUT2D eigenvalue weighted by molar-refractivity contribution is 5.05. The number of hydrogen-bond donors (Lipinski definition) is 1. The van der Waals surface area contributed by atoms with Crippen molar-refractivity contribution < 1.29 is 4.42 Å². The molecule has 1 aromatic rings. The number of rotatable bonds is 4. The molecule has 0 saturated carbocycles. The second kappa shape index (κ2) is 3.97. The smallest absolute Gasteiger partial charge is 0.104 e. The van der Waals surface area contributed by atoms with E-state index in [1.807, 2.05) is 19.1 Å². The summed E-state index contributed by atoms with van der Waals surface area (Å²) in [6, 6.07) is 4.05. The molecule has 0 aliphatic carbocycles. The van der Waals surface area contributed by atoms with Crippen molar-refractivity contribution in [3.63, 3.8) is 0 Å².